The number of likely N-dealkylation sites (N-methyl/N-ethyl adjacent to an activating group) is 1. The number of carboxylic acid groups (broad SMARTS) is 1. The van der Waals surface area contributed by atoms with Crippen molar-refractivity contribution in [1.29, 1.82) is 0 Å². The number of hydrogen-bond acceptors (Lipinski definition) is 4. The molecule has 13 heavy (non-hydrogen) atoms. The maximum atomic E-state index is 10.7. The third kappa shape index (κ3) is 3.31. The third-order valence-electron chi connectivity index (χ3n) is 1.68. The summed E-state index contributed by atoms with van der Waals surface area (Å²) in [5.74, 6) is 4.27. The zero-order valence-electron chi connectivity index (χ0n) is 7.56. The van der Waals surface area contributed by atoms with Crippen molar-refractivity contribution in [2.45, 2.75) is 19.0 Å². The molecule has 6 heteroatoms. The molecule has 0 aliphatic rings. The van der Waals surface area contributed by atoms with Crippen LogP contribution in [0, 0.1) is 0 Å². The van der Waals surface area contributed by atoms with Gasteiger partial charge in [-0.1, -0.05) is 13.0 Å². The Hall–Kier alpha value is -0.620. The fourth-order valence-corrected chi connectivity index (χ4v) is 0.830. The first-order chi connectivity index (χ1) is 5.49. The van der Waals surface area contributed by atoms with Crippen LogP contribution in [0.25, 0.3) is 0 Å². The van der Waals surface area contributed by atoms with Gasteiger partial charge in [0, 0.05) is 13.0 Å². The second kappa shape index (κ2) is 5.93. The van der Waals surface area contributed by atoms with Crippen molar-refractivity contribution in [3.8, 4) is 0 Å². The summed E-state index contributed by atoms with van der Waals surface area (Å²) in [5.41, 5.74) is 4.00. The molecular weight excluding hydrogens is 194 g/mol. The molecular formula is C7H16ClN3O2. The number of carboxylic acids is 1. The minimum atomic E-state index is -1.53. The van der Waals surface area contributed by atoms with Crippen LogP contribution in [-0.4, -0.2) is 28.3 Å². The Balaban J connectivity index is 0. The molecule has 1 atom stereocenters. The van der Waals surface area contributed by atoms with E-state index in [0.717, 1.165) is 5.01 Å². The first-order valence-corrected chi connectivity index (χ1v) is 3.64. The fraction of sp³-hybridized carbons (Fsp3) is 0.571. The predicted molar refractivity (Wildman–Crippen MR) is 53.2 cm³/mol. The van der Waals surface area contributed by atoms with E-state index < -0.39 is 11.6 Å². The number of rotatable bonds is 5. The van der Waals surface area contributed by atoms with Crippen molar-refractivity contribution >= 4 is 18.4 Å². The van der Waals surface area contributed by atoms with E-state index in [-0.39, 0.29) is 18.8 Å². The zero-order chi connectivity index (χ0) is 9.78. The van der Waals surface area contributed by atoms with E-state index in [1.807, 2.05) is 0 Å². The molecule has 0 unspecified atom stereocenters. The first-order valence-electron chi connectivity index (χ1n) is 3.64. The minimum Gasteiger partial charge on any atom is -0.479 e. The van der Waals surface area contributed by atoms with Crippen LogP contribution < -0.4 is 11.6 Å². The van der Waals surface area contributed by atoms with Gasteiger partial charge in [0.15, 0.2) is 5.66 Å². The van der Waals surface area contributed by atoms with Crippen LogP contribution in [-0.2, 0) is 4.79 Å². The largest absolute Gasteiger partial charge is 0.479 e. The molecule has 0 radical (unpaired) electrons. The SMILES string of the molecule is C=CC[C@](N)(C(=O)O)N(N)CC.Cl. The number of halogens is 1. The van der Waals surface area contributed by atoms with Gasteiger partial charge in [0.25, 0.3) is 0 Å². The summed E-state index contributed by atoms with van der Waals surface area (Å²) >= 11 is 0. The topological polar surface area (TPSA) is 92.6 Å². The average molecular weight is 210 g/mol. The molecule has 5 N–H and O–H groups in total. The Morgan fingerprint density at radius 1 is 1.77 bits per heavy atom. The highest BCUT2D eigenvalue weighted by atomic mass is 35.5. The first kappa shape index (κ1) is 14.9. The summed E-state index contributed by atoms with van der Waals surface area (Å²) in [7, 11) is 0. The quantitative estimate of drug-likeness (QED) is 0.255. The van der Waals surface area contributed by atoms with Gasteiger partial charge in [-0.15, -0.1) is 19.0 Å². The van der Waals surface area contributed by atoms with E-state index in [1.54, 1.807) is 6.92 Å². The van der Waals surface area contributed by atoms with Gasteiger partial charge in [-0.3, -0.25) is 5.84 Å². The van der Waals surface area contributed by atoms with Crippen LogP contribution in [0.3, 0.4) is 0 Å². The molecule has 0 rings (SSSR count). The third-order valence-corrected chi connectivity index (χ3v) is 1.68. The monoisotopic (exact) mass is 209 g/mol. The standard InChI is InChI=1S/C7H15N3O2.ClH/c1-3-5-7(8,6(11)12)10(9)4-2;/h3H,1,4-5,8-9H2,2H3,(H,11,12);1H/t7-;/m1./s1. The van der Waals surface area contributed by atoms with Gasteiger partial charge in [-0.2, -0.15) is 0 Å². The normalized spacial score (nSPS) is 14.5. The Labute approximate surface area is 83.8 Å². The zero-order valence-corrected chi connectivity index (χ0v) is 8.38. The van der Waals surface area contributed by atoms with Crippen molar-refractivity contribution in [2.24, 2.45) is 11.6 Å². The second-order valence-electron chi connectivity index (χ2n) is 2.51. The molecule has 0 aromatic rings. The molecule has 0 aromatic heterocycles. The van der Waals surface area contributed by atoms with Crippen molar-refractivity contribution in [1.82, 2.24) is 5.01 Å². The Morgan fingerprint density at radius 2 is 2.23 bits per heavy atom. The summed E-state index contributed by atoms with van der Waals surface area (Å²) in [4.78, 5) is 10.7. The highest BCUT2D eigenvalue weighted by Crippen LogP contribution is 2.10. The van der Waals surface area contributed by atoms with Crippen LogP contribution in [0.1, 0.15) is 13.3 Å². The molecule has 0 fully saturated rings. The van der Waals surface area contributed by atoms with E-state index in [1.165, 1.54) is 6.08 Å². The van der Waals surface area contributed by atoms with Gasteiger partial charge < -0.3 is 10.8 Å². The molecule has 0 bridgehead atoms. The van der Waals surface area contributed by atoms with Crippen LogP contribution in [0.2, 0.25) is 0 Å². The molecule has 0 saturated carbocycles. The van der Waals surface area contributed by atoms with Gasteiger partial charge >= 0.3 is 5.97 Å². The minimum absolute atomic E-state index is 0. The number of hydrazine groups is 1. The number of carbonyl (C=O) groups is 1. The number of nitrogens with two attached hydrogens (primary N) is 2. The van der Waals surface area contributed by atoms with E-state index in [0.29, 0.717) is 6.54 Å². The number of aliphatic carboxylic acids is 1. The van der Waals surface area contributed by atoms with E-state index in [2.05, 4.69) is 6.58 Å². The highest BCUT2D eigenvalue weighted by Gasteiger charge is 2.36. The highest BCUT2D eigenvalue weighted by molar-refractivity contribution is 5.85. The number of hydrogen-bond donors (Lipinski definition) is 3. The Morgan fingerprint density at radius 3 is 2.46 bits per heavy atom. The van der Waals surface area contributed by atoms with Crippen LogP contribution in [0.5, 0.6) is 0 Å². The summed E-state index contributed by atoms with van der Waals surface area (Å²) in [6.07, 6.45) is 1.55. The molecule has 0 aromatic carbocycles. The van der Waals surface area contributed by atoms with E-state index in [9.17, 15) is 4.79 Å². The smallest absolute Gasteiger partial charge is 0.340 e. The summed E-state index contributed by atoms with van der Waals surface area (Å²) in [6, 6.07) is 0. The molecule has 78 valence electrons. The molecule has 0 aliphatic heterocycles. The van der Waals surface area contributed by atoms with Crippen molar-refractivity contribution in [3.63, 3.8) is 0 Å². The number of nitrogens with zero attached hydrogens (tertiary/aromatic N) is 1. The Kier molecular flexibility index (Phi) is 6.79. The lowest BCUT2D eigenvalue weighted by Crippen LogP contribution is -2.64. The van der Waals surface area contributed by atoms with Gasteiger partial charge in [-0.05, 0) is 0 Å². The molecule has 0 saturated heterocycles. The van der Waals surface area contributed by atoms with Crippen LogP contribution >= 0.6 is 12.4 Å². The maximum Gasteiger partial charge on any atom is 0.340 e. The van der Waals surface area contributed by atoms with E-state index in [4.69, 9.17) is 16.7 Å². The van der Waals surface area contributed by atoms with E-state index >= 15 is 0 Å². The Bertz CT molecular complexity index is 189. The van der Waals surface area contributed by atoms with Crippen molar-refractivity contribution in [3.05, 3.63) is 12.7 Å². The second-order valence-corrected chi connectivity index (χ2v) is 2.51. The lowest BCUT2D eigenvalue weighted by atomic mass is 10.1. The van der Waals surface area contributed by atoms with Crippen LogP contribution in [0.15, 0.2) is 12.7 Å². The van der Waals surface area contributed by atoms with Gasteiger partial charge in [-0.25, -0.2) is 9.80 Å². The lowest BCUT2D eigenvalue weighted by molar-refractivity contribution is -0.151. The van der Waals surface area contributed by atoms with Gasteiger partial charge in [0.05, 0.1) is 0 Å². The van der Waals surface area contributed by atoms with Gasteiger partial charge in [0.1, 0.15) is 0 Å². The molecule has 5 nitrogen and oxygen atoms in total. The summed E-state index contributed by atoms with van der Waals surface area (Å²) in [5, 5.41) is 9.85. The van der Waals surface area contributed by atoms with Crippen molar-refractivity contribution < 1.29 is 9.90 Å². The summed E-state index contributed by atoms with van der Waals surface area (Å²) in [6.45, 7) is 5.52. The fourth-order valence-electron chi connectivity index (χ4n) is 0.830. The molecule has 0 spiro atoms. The van der Waals surface area contributed by atoms with Gasteiger partial charge in [0.2, 0.25) is 0 Å². The maximum absolute atomic E-state index is 10.7. The van der Waals surface area contributed by atoms with Crippen LogP contribution in [0.4, 0.5) is 0 Å². The molecule has 0 amide bonds. The summed E-state index contributed by atoms with van der Waals surface area (Å²) < 4.78 is 0. The molecule has 0 heterocycles. The molecule has 0 aliphatic carbocycles. The average Bonchev–Trinajstić information content (AvgIpc) is 2.03. The predicted octanol–water partition coefficient (Wildman–Crippen LogP) is -0.0805. The van der Waals surface area contributed by atoms with Crippen molar-refractivity contribution in [2.75, 3.05) is 6.54 Å². The lowest BCUT2D eigenvalue weighted by Gasteiger charge is -2.32.